The fourth-order valence-electron chi connectivity index (χ4n) is 2.12. The van der Waals surface area contributed by atoms with E-state index in [4.69, 9.17) is 4.52 Å². The van der Waals surface area contributed by atoms with E-state index >= 15 is 0 Å². The van der Waals surface area contributed by atoms with Crippen LogP contribution in [-0.2, 0) is 6.54 Å². The maximum atomic E-state index is 12.3. The molecule has 0 aliphatic carbocycles. The number of benzene rings is 1. The minimum atomic E-state index is -0.492. The van der Waals surface area contributed by atoms with Gasteiger partial charge in [0.25, 0.3) is 5.91 Å². The number of thiophene rings is 1. The summed E-state index contributed by atoms with van der Waals surface area (Å²) in [5, 5.41) is 6.19. The van der Waals surface area contributed by atoms with Crippen LogP contribution in [0, 0.1) is 0 Å². The number of carbonyl (C=O) groups is 1. The number of carbonyl (C=O) groups excluding carboxylic acids is 1. The number of rotatable bonds is 4. The molecule has 1 aromatic carbocycles. The van der Waals surface area contributed by atoms with E-state index in [1.165, 1.54) is 16.2 Å². The van der Waals surface area contributed by atoms with Gasteiger partial charge in [0, 0.05) is 24.6 Å². The molecule has 0 radical (unpaired) electrons. The van der Waals surface area contributed by atoms with E-state index in [2.05, 4.69) is 5.27 Å². The summed E-state index contributed by atoms with van der Waals surface area (Å²) in [6.45, 7) is 0.148. The van der Waals surface area contributed by atoms with Crippen LogP contribution < -0.4 is 10.3 Å². The maximum absolute atomic E-state index is 12.3. The summed E-state index contributed by atoms with van der Waals surface area (Å²) in [4.78, 5) is 25.7. The number of para-hydroxylation sites is 1. The van der Waals surface area contributed by atoms with Crippen LogP contribution in [0.1, 0.15) is 16.1 Å². The summed E-state index contributed by atoms with van der Waals surface area (Å²) in [6.07, 6.45) is 0. The number of amides is 1. The fraction of sp³-hybridized carbons (Fsp3) is 0.133. The molecule has 0 unspecified atom stereocenters. The Kier molecular flexibility index (Phi) is 3.88. The Hall–Kier alpha value is -2.67. The van der Waals surface area contributed by atoms with Gasteiger partial charge in [-0.2, -0.15) is 11.3 Å². The van der Waals surface area contributed by atoms with Crippen molar-refractivity contribution in [2.75, 3.05) is 7.05 Å². The summed E-state index contributed by atoms with van der Waals surface area (Å²) in [7, 11) is 1.65. The number of hydrogen-bond acceptors (Lipinski definition) is 4. The Morgan fingerprint density at radius 1 is 1.32 bits per heavy atom. The molecule has 7 heteroatoms. The Morgan fingerprint density at radius 2 is 2.09 bits per heavy atom. The highest BCUT2D eigenvalue weighted by molar-refractivity contribution is 7.08. The van der Waals surface area contributed by atoms with Gasteiger partial charge in [0.2, 0.25) is 5.69 Å². The van der Waals surface area contributed by atoms with Crippen molar-refractivity contribution in [3.63, 3.8) is 0 Å². The SMILES string of the molecule is CN(Cc1c(=O)o[nH][n+]1-c1ccccc1)C(=O)c1ccsc1. The third-order valence-corrected chi connectivity index (χ3v) is 3.93. The molecule has 0 bridgehead atoms. The van der Waals surface area contributed by atoms with Gasteiger partial charge in [-0.15, -0.1) is 0 Å². The normalized spacial score (nSPS) is 10.6. The molecule has 1 N–H and O–H groups in total. The molecule has 2 heterocycles. The highest BCUT2D eigenvalue weighted by Crippen LogP contribution is 2.10. The molecule has 1 amide bonds. The molecule has 6 nitrogen and oxygen atoms in total. The summed E-state index contributed by atoms with van der Waals surface area (Å²) >= 11 is 1.46. The van der Waals surface area contributed by atoms with E-state index in [1.807, 2.05) is 35.7 Å². The molecule has 0 aliphatic heterocycles. The van der Waals surface area contributed by atoms with Crippen molar-refractivity contribution >= 4 is 17.2 Å². The molecular weight excluding hydrogens is 302 g/mol. The van der Waals surface area contributed by atoms with Crippen molar-refractivity contribution in [1.29, 1.82) is 0 Å². The van der Waals surface area contributed by atoms with Crippen LogP contribution >= 0.6 is 11.3 Å². The largest absolute Gasteiger partial charge is 0.432 e. The van der Waals surface area contributed by atoms with Crippen LogP contribution in [0.25, 0.3) is 5.69 Å². The van der Waals surface area contributed by atoms with Crippen molar-refractivity contribution < 1.29 is 14.0 Å². The van der Waals surface area contributed by atoms with Crippen molar-refractivity contribution in [2.24, 2.45) is 0 Å². The van der Waals surface area contributed by atoms with Crippen LogP contribution in [-0.4, -0.2) is 23.1 Å². The van der Waals surface area contributed by atoms with E-state index in [9.17, 15) is 9.59 Å². The first kappa shape index (κ1) is 14.3. The molecule has 112 valence electrons. The van der Waals surface area contributed by atoms with Gasteiger partial charge in [0.15, 0.2) is 0 Å². The first-order valence-electron chi connectivity index (χ1n) is 6.62. The van der Waals surface area contributed by atoms with E-state index in [1.54, 1.807) is 23.2 Å². The van der Waals surface area contributed by atoms with Gasteiger partial charge < -0.3 is 4.90 Å². The van der Waals surface area contributed by atoms with Gasteiger partial charge >= 0.3 is 11.3 Å². The highest BCUT2D eigenvalue weighted by atomic mass is 32.1. The van der Waals surface area contributed by atoms with Crippen molar-refractivity contribution in [2.45, 2.75) is 6.54 Å². The first-order chi connectivity index (χ1) is 10.7. The van der Waals surface area contributed by atoms with Gasteiger partial charge in [-0.3, -0.25) is 9.32 Å². The Balaban J connectivity index is 1.88. The smallest absolute Gasteiger partial charge is 0.331 e. The Labute approximate surface area is 130 Å². The second kappa shape index (κ2) is 5.98. The topological polar surface area (TPSA) is 70.2 Å². The zero-order valence-electron chi connectivity index (χ0n) is 11.9. The third-order valence-electron chi connectivity index (χ3n) is 3.25. The predicted octanol–water partition coefficient (Wildman–Crippen LogP) is 1.58. The molecule has 3 rings (SSSR count). The summed E-state index contributed by atoms with van der Waals surface area (Å²) in [6, 6.07) is 11.0. The lowest BCUT2D eigenvalue weighted by Crippen LogP contribution is -2.42. The maximum Gasteiger partial charge on any atom is 0.432 e. The summed E-state index contributed by atoms with van der Waals surface area (Å²) < 4.78 is 6.41. The highest BCUT2D eigenvalue weighted by Gasteiger charge is 2.26. The lowest BCUT2D eigenvalue weighted by Gasteiger charge is -2.12. The molecule has 0 atom stereocenters. The van der Waals surface area contributed by atoms with E-state index in [-0.39, 0.29) is 12.5 Å². The monoisotopic (exact) mass is 316 g/mol. The van der Waals surface area contributed by atoms with Crippen LogP contribution in [0.15, 0.2) is 56.5 Å². The van der Waals surface area contributed by atoms with Gasteiger partial charge in [-0.1, -0.05) is 18.2 Å². The summed E-state index contributed by atoms with van der Waals surface area (Å²) in [5.74, 6) is -0.138. The van der Waals surface area contributed by atoms with Gasteiger partial charge in [0.1, 0.15) is 6.54 Å². The second-order valence-electron chi connectivity index (χ2n) is 4.77. The van der Waals surface area contributed by atoms with Crippen molar-refractivity contribution in [3.05, 3.63) is 68.8 Å². The van der Waals surface area contributed by atoms with Crippen LogP contribution in [0.4, 0.5) is 0 Å². The van der Waals surface area contributed by atoms with E-state index in [0.717, 1.165) is 5.69 Å². The van der Waals surface area contributed by atoms with Crippen LogP contribution in [0.2, 0.25) is 0 Å². The first-order valence-corrected chi connectivity index (χ1v) is 7.56. The van der Waals surface area contributed by atoms with Crippen molar-refractivity contribution in [1.82, 2.24) is 10.2 Å². The lowest BCUT2D eigenvalue weighted by molar-refractivity contribution is -0.678. The quantitative estimate of drug-likeness (QED) is 0.743. The minimum absolute atomic E-state index is 0.138. The molecular formula is C15H14N3O3S+. The van der Waals surface area contributed by atoms with Gasteiger partial charge in [0.05, 0.1) is 5.56 Å². The Morgan fingerprint density at radius 3 is 2.77 bits per heavy atom. The molecule has 0 saturated heterocycles. The number of H-pyrrole nitrogens is 1. The molecule has 3 aromatic rings. The average molecular weight is 316 g/mol. The molecule has 0 spiro atoms. The van der Waals surface area contributed by atoms with Crippen LogP contribution in [0.3, 0.4) is 0 Å². The average Bonchev–Trinajstić information content (AvgIpc) is 3.18. The van der Waals surface area contributed by atoms with Gasteiger partial charge in [-0.25, -0.2) is 4.79 Å². The molecule has 22 heavy (non-hydrogen) atoms. The standard InChI is InChI=1S/C15H13N3O3S/c1-17(14(19)11-7-8-22-10-11)9-13-15(20)21-16-18(13)12-5-3-2-4-6-12/h2-8,10H,9H2,1H3/p+1. The summed E-state index contributed by atoms with van der Waals surface area (Å²) in [5.41, 5.74) is 1.24. The number of aromatic amines is 1. The zero-order valence-corrected chi connectivity index (χ0v) is 12.7. The molecule has 0 aliphatic rings. The number of nitrogens with zero attached hydrogens (tertiary/aromatic N) is 2. The lowest BCUT2D eigenvalue weighted by atomic mass is 10.3. The van der Waals surface area contributed by atoms with E-state index < -0.39 is 5.63 Å². The van der Waals surface area contributed by atoms with E-state index in [0.29, 0.717) is 11.3 Å². The third kappa shape index (κ3) is 2.71. The second-order valence-corrected chi connectivity index (χ2v) is 5.55. The zero-order chi connectivity index (χ0) is 15.5. The molecule has 0 fully saturated rings. The van der Waals surface area contributed by atoms with Gasteiger partial charge in [-0.05, 0) is 21.4 Å². The minimum Gasteiger partial charge on any atom is -0.331 e. The Bertz CT molecular complexity index is 821. The predicted molar refractivity (Wildman–Crippen MR) is 81.0 cm³/mol. The molecule has 2 aromatic heterocycles. The molecule has 0 saturated carbocycles. The fourth-order valence-corrected chi connectivity index (χ4v) is 2.75. The van der Waals surface area contributed by atoms with Crippen LogP contribution in [0.5, 0.6) is 0 Å². The number of hydrogen-bond donors (Lipinski definition) is 1. The van der Waals surface area contributed by atoms with Crippen molar-refractivity contribution in [3.8, 4) is 5.69 Å². The number of aromatic nitrogens is 2. The number of nitrogens with one attached hydrogen (secondary N) is 1.